The minimum absolute atomic E-state index is 0.473. The SMILES string of the molecule is C/C(=C/C=O)C1CCCC(C)(C)C1. The van der Waals surface area contributed by atoms with Crippen molar-refractivity contribution in [1.82, 2.24) is 0 Å². The van der Waals surface area contributed by atoms with Gasteiger partial charge in [-0.2, -0.15) is 0 Å². The zero-order valence-corrected chi connectivity index (χ0v) is 8.97. The highest BCUT2D eigenvalue weighted by Gasteiger charge is 2.28. The van der Waals surface area contributed by atoms with Gasteiger partial charge in [-0.15, -0.1) is 0 Å². The fraction of sp³-hybridized carbons (Fsp3) is 0.750. The topological polar surface area (TPSA) is 17.1 Å². The molecule has 0 heterocycles. The summed E-state index contributed by atoms with van der Waals surface area (Å²) in [5, 5.41) is 0. The van der Waals surface area contributed by atoms with Crippen molar-refractivity contribution in [2.45, 2.75) is 46.5 Å². The lowest BCUT2D eigenvalue weighted by atomic mass is 9.70. The minimum Gasteiger partial charge on any atom is -0.299 e. The van der Waals surface area contributed by atoms with Gasteiger partial charge in [0.1, 0.15) is 6.29 Å². The van der Waals surface area contributed by atoms with Crippen LogP contribution >= 0.6 is 0 Å². The first-order chi connectivity index (χ1) is 6.05. The Morgan fingerprint density at radius 3 is 2.69 bits per heavy atom. The summed E-state index contributed by atoms with van der Waals surface area (Å²) in [6, 6.07) is 0. The Morgan fingerprint density at radius 2 is 2.15 bits per heavy atom. The molecule has 74 valence electrons. The molecule has 0 bridgehead atoms. The van der Waals surface area contributed by atoms with Gasteiger partial charge in [-0.3, -0.25) is 4.79 Å². The maximum atomic E-state index is 10.3. The summed E-state index contributed by atoms with van der Waals surface area (Å²) in [7, 11) is 0. The molecule has 1 atom stereocenters. The number of hydrogen-bond donors (Lipinski definition) is 0. The van der Waals surface area contributed by atoms with Crippen LogP contribution in [0.3, 0.4) is 0 Å². The molecular formula is C12H20O. The second kappa shape index (κ2) is 4.08. The standard InChI is InChI=1S/C12H20O/c1-10(6-8-13)11-5-4-7-12(2,3)9-11/h6,8,11H,4-5,7,9H2,1-3H3/b10-6-. The Bertz CT molecular complexity index is 213. The van der Waals surface area contributed by atoms with Crippen LogP contribution in [0.15, 0.2) is 11.6 Å². The van der Waals surface area contributed by atoms with Crippen molar-refractivity contribution in [2.75, 3.05) is 0 Å². The van der Waals surface area contributed by atoms with Crippen LogP contribution in [0.4, 0.5) is 0 Å². The maximum absolute atomic E-state index is 10.3. The van der Waals surface area contributed by atoms with E-state index in [2.05, 4.69) is 20.8 Å². The molecule has 0 aromatic heterocycles. The number of carbonyl (C=O) groups excluding carboxylic acids is 1. The quantitative estimate of drug-likeness (QED) is 0.470. The second-order valence-electron chi connectivity index (χ2n) is 5.00. The Balaban J connectivity index is 2.61. The number of carbonyl (C=O) groups is 1. The van der Waals surface area contributed by atoms with Crippen LogP contribution in [0.1, 0.15) is 46.5 Å². The molecule has 1 unspecified atom stereocenters. The van der Waals surface area contributed by atoms with E-state index in [4.69, 9.17) is 0 Å². The Morgan fingerprint density at radius 1 is 1.46 bits per heavy atom. The van der Waals surface area contributed by atoms with E-state index in [1.54, 1.807) is 6.08 Å². The van der Waals surface area contributed by atoms with Crippen LogP contribution in [0, 0.1) is 11.3 Å². The van der Waals surface area contributed by atoms with Crippen molar-refractivity contribution >= 4 is 6.29 Å². The molecule has 1 aliphatic carbocycles. The van der Waals surface area contributed by atoms with E-state index in [1.807, 2.05) is 0 Å². The molecule has 0 aromatic rings. The highest BCUT2D eigenvalue weighted by Crippen LogP contribution is 2.41. The molecule has 0 radical (unpaired) electrons. The van der Waals surface area contributed by atoms with Crippen LogP contribution in [-0.4, -0.2) is 6.29 Å². The molecule has 0 aliphatic heterocycles. The molecule has 1 aliphatic rings. The molecule has 1 rings (SSSR count). The molecule has 1 heteroatoms. The van der Waals surface area contributed by atoms with Gasteiger partial charge >= 0.3 is 0 Å². The van der Waals surface area contributed by atoms with Crippen LogP contribution in [0.5, 0.6) is 0 Å². The average molecular weight is 180 g/mol. The second-order valence-corrected chi connectivity index (χ2v) is 5.00. The number of rotatable bonds is 2. The third kappa shape index (κ3) is 2.98. The summed E-state index contributed by atoms with van der Waals surface area (Å²) < 4.78 is 0. The molecule has 13 heavy (non-hydrogen) atoms. The molecule has 0 aromatic carbocycles. The lowest BCUT2D eigenvalue weighted by molar-refractivity contribution is -0.104. The fourth-order valence-corrected chi connectivity index (χ4v) is 2.33. The van der Waals surface area contributed by atoms with Gasteiger partial charge in [-0.25, -0.2) is 0 Å². The molecule has 1 fully saturated rings. The van der Waals surface area contributed by atoms with Gasteiger partial charge in [0.25, 0.3) is 0 Å². The van der Waals surface area contributed by atoms with Crippen molar-refractivity contribution in [2.24, 2.45) is 11.3 Å². The monoisotopic (exact) mass is 180 g/mol. The van der Waals surface area contributed by atoms with Crippen LogP contribution in [-0.2, 0) is 4.79 Å². The van der Waals surface area contributed by atoms with E-state index in [-0.39, 0.29) is 0 Å². The first-order valence-corrected chi connectivity index (χ1v) is 5.17. The van der Waals surface area contributed by atoms with E-state index in [0.717, 1.165) is 6.29 Å². The van der Waals surface area contributed by atoms with Gasteiger partial charge in [0.15, 0.2) is 0 Å². The molecule has 0 N–H and O–H groups in total. The van der Waals surface area contributed by atoms with E-state index < -0.39 is 0 Å². The summed E-state index contributed by atoms with van der Waals surface area (Å²) in [6.45, 7) is 6.74. The Labute approximate surface area is 81.2 Å². The summed E-state index contributed by atoms with van der Waals surface area (Å²) in [5.74, 6) is 0.647. The van der Waals surface area contributed by atoms with E-state index in [0.29, 0.717) is 11.3 Å². The van der Waals surface area contributed by atoms with Gasteiger partial charge in [-0.1, -0.05) is 25.8 Å². The smallest absolute Gasteiger partial charge is 0.142 e. The average Bonchev–Trinajstić information content (AvgIpc) is 2.03. The maximum Gasteiger partial charge on any atom is 0.142 e. The molecule has 0 spiro atoms. The third-order valence-electron chi connectivity index (χ3n) is 3.18. The van der Waals surface area contributed by atoms with Gasteiger partial charge < -0.3 is 0 Å². The predicted octanol–water partition coefficient (Wildman–Crippen LogP) is 3.35. The zero-order chi connectivity index (χ0) is 9.90. The van der Waals surface area contributed by atoms with Gasteiger partial charge in [0.2, 0.25) is 0 Å². The Hall–Kier alpha value is -0.590. The lowest BCUT2D eigenvalue weighted by Crippen LogP contribution is -2.23. The predicted molar refractivity (Wildman–Crippen MR) is 55.6 cm³/mol. The number of allylic oxidation sites excluding steroid dienone is 2. The van der Waals surface area contributed by atoms with Crippen LogP contribution < -0.4 is 0 Å². The molecule has 0 amide bonds. The van der Waals surface area contributed by atoms with Crippen LogP contribution in [0.25, 0.3) is 0 Å². The summed E-state index contributed by atoms with van der Waals surface area (Å²) >= 11 is 0. The zero-order valence-electron chi connectivity index (χ0n) is 8.97. The first kappa shape index (κ1) is 10.5. The minimum atomic E-state index is 0.473. The first-order valence-electron chi connectivity index (χ1n) is 5.17. The molecule has 0 saturated heterocycles. The van der Waals surface area contributed by atoms with Gasteiger partial charge in [-0.05, 0) is 43.6 Å². The fourth-order valence-electron chi connectivity index (χ4n) is 2.33. The highest BCUT2D eigenvalue weighted by atomic mass is 16.1. The van der Waals surface area contributed by atoms with Crippen molar-refractivity contribution in [3.8, 4) is 0 Å². The normalized spacial score (nSPS) is 28.5. The highest BCUT2D eigenvalue weighted by molar-refractivity contribution is 5.66. The van der Waals surface area contributed by atoms with Gasteiger partial charge in [0.05, 0.1) is 0 Å². The van der Waals surface area contributed by atoms with E-state index in [9.17, 15) is 4.79 Å². The van der Waals surface area contributed by atoms with Gasteiger partial charge in [0, 0.05) is 0 Å². The van der Waals surface area contributed by atoms with Crippen molar-refractivity contribution in [3.63, 3.8) is 0 Å². The summed E-state index contributed by atoms with van der Waals surface area (Å²) in [4.78, 5) is 10.3. The Kier molecular flexibility index (Phi) is 3.29. The lowest BCUT2D eigenvalue weighted by Gasteiger charge is -2.35. The van der Waals surface area contributed by atoms with E-state index in [1.165, 1.54) is 31.3 Å². The third-order valence-corrected chi connectivity index (χ3v) is 3.18. The largest absolute Gasteiger partial charge is 0.299 e. The summed E-state index contributed by atoms with van der Waals surface area (Å²) in [6.07, 6.45) is 7.78. The van der Waals surface area contributed by atoms with Crippen molar-refractivity contribution in [1.29, 1.82) is 0 Å². The summed E-state index contributed by atoms with van der Waals surface area (Å²) in [5.41, 5.74) is 1.74. The molecular weight excluding hydrogens is 160 g/mol. The number of aldehydes is 1. The van der Waals surface area contributed by atoms with Crippen molar-refractivity contribution in [3.05, 3.63) is 11.6 Å². The van der Waals surface area contributed by atoms with Crippen molar-refractivity contribution < 1.29 is 4.79 Å². The van der Waals surface area contributed by atoms with E-state index >= 15 is 0 Å². The number of hydrogen-bond acceptors (Lipinski definition) is 1. The van der Waals surface area contributed by atoms with Crippen LogP contribution in [0.2, 0.25) is 0 Å². The molecule has 1 nitrogen and oxygen atoms in total. The molecule has 1 saturated carbocycles.